The SMILES string of the molecule is CO[C@@H]1[C@H](O)[C@H](O)[C@H](O)[C@H](O)[C@H]1O. The maximum atomic E-state index is 9.29. The van der Waals surface area contributed by atoms with E-state index in [0.29, 0.717) is 0 Å². The molecule has 1 rings (SSSR count). The average molecular weight is 194 g/mol. The summed E-state index contributed by atoms with van der Waals surface area (Å²) in [6, 6.07) is 0. The third-order valence-corrected chi connectivity index (χ3v) is 2.35. The highest BCUT2D eigenvalue weighted by Gasteiger charge is 2.48. The van der Waals surface area contributed by atoms with Crippen molar-refractivity contribution < 1.29 is 30.3 Å². The van der Waals surface area contributed by atoms with Gasteiger partial charge in [0.2, 0.25) is 0 Å². The van der Waals surface area contributed by atoms with E-state index in [9.17, 15) is 20.4 Å². The number of rotatable bonds is 1. The summed E-state index contributed by atoms with van der Waals surface area (Å²) in [5.74, 6) is 0. The van der Waals surface area contributed by atoms with E-state index in [1.54, 1.807) is 0 Å². The third-order valence-electron chi connectivity index (χ3n) is 2.35. The standard InChI is InChI=1S/C7H14O6/c1-13-7-5(11)3(9)2(8)4(10)6(7)12/h2-12H,1H3/t2-,3+,4-,5-,6-,7+/m1/s1. The van der Waals surface area contributed by atoms with Crippen molar-refractivity contribution in [3.05, 3.63) is 0 Å². The number of ether oxygens (including phenoxy) is 1. The van der Waals surface area contributed by atoms with Gasteiger partial charge in [-0.1, -0.05) is 0 Å². The van der Waals surface area contributed by atoms with E-state index in [1.807, 2.05) is 0 Å². The lowest BCUT2D eigenvalue weighted by Crippen LogP contribution is -2.64. The summed E-state index contributed by atoms with van der Waals surface area (Å²) < 4.78 is 4.67. The Kier molecular flexibility index (Phi) is 3.23. The summed E-state index contributed by atoms with van der Waals surface area (Å²) in [6.45, 7) is 0. The molecule has 13 heavy (non-hydrogen) atoms. The molecule has 0 radical (unpaired) electrons. The van der Waals surface area contributed by atoms with Crippen LogP contribution in [0.4, 0.5) is 0 Å². The number of hydrogen-bond donors (Lipinski definition) is 5. The number of hydrogen-bond acceptors (Lipinski definition) is 6. The lowest BCUT2D eigenvalue weighted by atomic mass is 9.85. The van der Waals surface area contributed by atoms with Gasteiger partial charge in [-0.15, -0.1) is 0 Å². The predicted octanol–water partition coefficient (Wildman–Crippen LogP) is -3.18. The predicted molar refractivity (Wildman–Crippen MR) is 40.8 cm³/mol. The normalized spacial score (nSPS) is 52.2. The van der Waals surface area contributed by atoms with Gasteiger partial charge >= 0.3 is 0 Å². The van der Waals surface area contributed by atoms with E-state index in [4.69, 9.17) is 5.11 Å². The Morgan fingerprint density at radius 1 is 0.692 bits per heavy atom. The Morgan fingerprint density at radius 3 is 1.31 bits per heavy atom. The maximum absolute atomic E-state index is 9.29. The minimum Gasteiger partial charge on any atom is -0.387 e. The van der Waals surface area contributed by atoms with Crippen LogP contribution in [0, 0.1) is 0 Å². The van der Waals surface area contributed by atoms with Gasteiger partial charge in [0, 0.05) is 7.11 Å². The smallest absolute Gasteiger partial charge is 0.114 e. The van der Waals surface area contributed by atoms with E-state index < -0.39 is 36.6 Å². The fraction of sp³-hybridized carbons (Fsp3) is 1.00. The Hall–Kier alpha value is -0.240. The Bertz CT molecular complexity index is 158. The lowest BCUT2D eigenvalue weighted by Gasteiger charge is -2.40. The van der Waals surface area contributed by atoms with Gasteiger partial charge in [-0.05, 0) is 0 Å². The van der Waals surface area contributed by atoms with Crippen LogP contribution in [0.5, 0.6) is 0 Å². The largest absolute Gasteiger partial charge is 0.387 e. The molecule has 0 amide bonds. The summed E-state index contributed by atoms with van der Waals surface area (Å²) in [5, 5.41) is 46.1. The van der Waals surface area contributed by atoms with Gasteiger partial charge in [0.25, 0.3) is 0 Å². The first-order chi connectivity index (χ1) is 6.00. The van der Waals surface area contributed by atoms with E-state index >= 15 is 0 Å². The van der Waals surface area contributed by atoms with Crippen LogP contribution in [0.1, 0.15) is 0 Å². The zero-order chi connectivity index (χ0) is 10.2. The van der Waals surface area contributed by atoms with Gasteiger partial charge in [0.1, 0.15) is 36.6 Å². The van der Waals surface area contributed by atoms with Crippen LogP contribution in [-0.2, 0) is 4.74 Å². The fourth-order valence-electron chi connectivity index (χ4n) is 1.48. The topological polar surface area (TPSA) is 110 Å². The van der Waals surface area contributed by atoms with Crippen molar-refractivity contribution in [1.29, 1.82) is 0 Å². The summed E-state index contributed by atoms with van der Waals surface area (Å²) in [4.78, 5) is 0. The number of methoxy groups -OCH3 is 1. The molecule has 0 aromatic rings. The van der Waals surface area contributed by atoms with E-state index in [0.717, 1.165) is 0 Å². The first-order valence-corrected chi connectivity index (χ1v) is 3.93. The quantitative estimate of drug-likeness (QED) is 0.301. The fourth-order valence-corrected chi connectivity index (χ4v) is 1.48. The van der Waals surface area contributed by atoms with Crippen LogP contribution >= 0.6 is 0 Å². The summed E-state index contributed by atoms with van der Waals surface area (Å²) >= 11 is 0. The molecule has 0 unspecified atom stereocenters. The van der Waals surface area contributed by atoms with Gasteiger partial charge in [-0.3, -0.25) is 0 Å². The highest BCUT2D eigenvalue weighted by molar-refractivity contribution is 4.99. The highest BCUT2D eigenvalue weighted by Crippen LogP contribution is 2.23. The molecule has 1 aliphatic rings. The maximum Gasteiger partial charge on any atom is 0.114 e. The molecule has 0 aromatic heterocycles. The first kappa shape index (κ1) is 10.8. The molecule has 0 aliphatic heterocycles. The van der Waals surface area contributed by atoms with E-state index in [2.05, 4.69) is 4.74 Å². The molecule has 1 saturated carbocycles. The van der Waals surface area contributed by atoms with Crippen LogP contribution in [0.2, 0.25) is 0 Å². The molecule has 1 aliphatic carbocycles. The molecule has 0 heterocycles. The highest BCUT2D eigenvalue weighted by atomic mass is 16.5. The molecule has 6 atom stereocenters. The van der Waals surface area contributed by atoms with Crippen LogP contribution < -0.4 is 0 Å². The van der Waals surface area contributed by atoms with Crippen LogP contribution in [0.25, 0.3) is 0 Å². The van der Waals surface area contributed by atoms with Gasteiger partial charge in [0.05, 0.1) is 0 Å². The Labute approximate surface area is 75.0 Å². The lowest BCUT2D eigenvalue weighted by molar-refractivity contribution is -0.229. The molecule has 5 N–H and O–H groups in total. The minimum atomic E-state index is -1.56. The summed E-state index contributed by atoms with van der Waals surface area (Å²) in [7, 11) is 1.23. The second kappa shape index (κ2) is 3.87. The monoisotopic (exact) mass is 194 g/mol. The van der Waals surface area contributed by atoms with Crippen molar-refractivity contribution in [2.75, 3.05) is 7.11 Å². The molecule has 0 spiro atoms. The van der Waals surface area contributed by atoms with Gasteiger partial charge in [-0.25, -0.2) is 0 Å². The minimum absolute atomic E-state index is 1.09. The van der Waals surface area contributed by atoms with Crippen molar-refractivity contribution in [1.82, 2.24) is 0 Å². The van der Waals surface area contributed by atoms with Crippen molar-refractivity contribution in [2.45, 2.75) is 36.6 Å². The molecule has 6 heteroatoms. The van der Waals surface area contributed by atoms with Crippen molar-refractivity contribution in [3.63, 3.8) is 0 Å². The second-order valence-corrected chi connectivity index (χ2v) is 3.15. The molecule has 0 aromatic carbocycles. The average Bonchev–Trinajstić information content (AvgIpc) is 2.13. The van der Waals surface area contributed by atoms with Crippen LogP contribution in [-0.4, -0.2) is 69.3 Å². The molecule has 1 fully saturated rings. The summed E-state index contributed by atoms with van der Waals surface area (Å²) in [5.41, 5.74) is 0. The third kappa shape index (κ3) is 1.69. The van der Waals surface area contributed by atoms with Crippen LogP contribution in [0.15, 0.2) is 0 Å². The van der Waals surface area contributed by atoms with Crippen molar-refractivity contribution in [3.8, 4) is 0 Å². The number of aliphatic hydroxyl groups is 5. The Morgan fingerprint density at radius 2 is 1.00 bits per heavy atom. The zero-order valence-corrected chi connectivity index (χ0v) is 7.11. The van der Waals surface area contributed by atoms with Crippen molar-refractivity contribution >= 4 is 0 Å². The van der Waals surface area contributed by atoms with Crippen LogP contribution in [0.3, 0.4) is 0 Å². The zero-order valence-electron chi connectivity index (χ0n) is 7.11. The molecular weight excluding hydrogens is 180 g/mol. The summed E-state index contributed by atoms with van der Waals surface area (Å²) in [6.07, 6.45) is -8.48. The molecule has 78 valence electrons. The van der Waals surface area contributed by atoms with Crippen molar-refractivity contribution in [2.24, 2.45) is 0 Å². The molecular formula is C7H14O6. The number of aliphatic hydroxyl groups excluding tert-OH is 5. The van der Waals surface area contributed by atoms with Gasteiger partial charge < -0.3 is 30.3 Å². The molecule has 6 nitrogen and oxygen atoms in total. The first-order valence-electron chi connectivity index (χ1n) is 3.93. The van der Waals surface area contributed by atoms with Gasteiger partial charge in [0.15, 0.2) is 0 Å². The Balaban J connectivity index is 2.79. The second-order valence-electron chi connectivity index (χ2n) is 3.15. The molecule has 0 saturated heterocycles. The van der Waals surface area contributed by atoms with E-state index in [1.165, 1.54) is 7.11 Å². The van der Waals surface area contributed by atoms with Gasteiger partial charge in [-0.2, -0.15) is 0 Å². The molecule has 0 bridgehead atoms. The van der Waals surface area contributed by atoms with E-state index in [-0.39, 0.29) is 0 Å².